The smallest absolute Gasteiger partial charge is 0.110 e. The van der Waals surface area contributed by atoms with E-state index in [1.165, 1.54) is 0 Å². The Kier molecular flexibility index (Phi) is 8.69. The minimum Gasteiger partial charge on any atom is -0.344 e. The van der Waals surface area contributed by atoms with Gasteiger partial charge in [0.2, 0.25) is 0 Å². The van der Waals surface area contributed by atoms with Crippen molar-refractivity contribution in [1.29, 1.82) is 0 Å². The Morgan fingerprint density at radius 2 is 0.950 bits per heavy atom. The van der Waals surface area contributed by atoms with Gasteiger partial charge in [-0.2, -0.15) is 50.5 Å². The Morgan fingerprint density at radius 3 is 1.15 bits per heavy atom. The van der Waals surface area contributed by atoms with Gasteiger partial charge in [-0.1, -0.05) is 48.7 Å². The first-order chi connectivity index (χ1) is 9.58. The number of thiol groups is 4. The highest BCUT2D eigenvalue weighted by atomic mass is 32.1. The number of hydrogen-bond donors (Lipinski definition) is 4. The van der Waals surface area contributed by atoms with E-state index in [4.69, 9.17) is 24.4 Å². The van der Waals surface area contributed by atoms with Crippen molar-refractivity contribution in [3.63, 3.8) is 0 Å². The topological polar surface area (TPSA) is 6.48 Å². The molecule has 0 bridgehead atoms. The lowest BCUT2D eigenvalue weighted by atomic mass is 10.1. The summed E-state index contributed by atoms with van der Waals surface area (Å²) in [5, 5.41) is 0. The maximum absolute atomic E-state index is 5.41. The van der Waals surface area contributed by atoms with Gasteiger partial charge in [0.05, 0.1) is 23.5 Å². The van der Waals surface area contributed by atoms with Crippen LogP contribution < -0.4 is 0 Å². The number of hydrogen-bond acceptors (Lipinski definition) is 6. The van der Waals surface area contributed by atoms with Crippen molar-refractivity contribution < 1.29 is 0 Å². The Morgan fingerprint density at radius 1 is 0.700 bits per heavy atom. The first kappa shape index (κ1) is 18.4. The monoisotopic (exact) mass is 380 g/mol. The van der Waals surface area contributed by atoms with E-state index in [9.17, 15) is 0 Å². The predicted molar refractivity (Wildman–Crippen MR) is 109 cm³/mol. The van der Waals surface area contributed by atoms with E-state index < -0.39 is 0 Å². The molecule has 1 aromatic rings. The van der Waals surface area contributed by atoms with Gasteiger partial charge in [0, 0.05) is 11.1 Å². The van der Waals surface area contributed by atoms with Crippen molar-refractivity contribution in [3.8, 4) is 0 Å². The Bertz CT molecular complexity index is 411. The molecule has 0 atom stereocenters. The third-order valence-electron chi connectivity index (χ3n) is 2.64. The second kappa shape index (κ2) is 9.42. The van der Waals surface area contributed by atoms with E-state index in [0.29, 0.717) is 23.5 Å². The SMILES string of the molecule is S=C(c1ccc(C(=S)N(CS)CS)cc1)N(CS)CS. The van der Waals surface area contributed by atoms with Crippen LogP contribution in [0, 0.1) is 0 Å². The third kappa shape index (κ3) is 4.71. The van der Waals surface area contributed by atoms with Crippen molar-refractivity contribution >= 4 is 84.9 Å². The van der Waals surface area contributed by atoms with Crippen LogP contribution in [0.25, 0.3) is 0 Å². The molecule has 0 N–H and O–H groups in total. The van der Waals surface area contributed by atoms with Crippen LogP contribution in [0.15, 0.2) is 24.3 Å². The lowest BCUT2D eigenvalue weighted by Crippen LogP contribution is -2.29. The lowest BCUT2D eigenvalue weighted by molar-refractivity contribution is 0.592. The van der Waals surface area contributed by atoms with Crippen molar-refractivity contribution in [3.05, 3.63) is 35.4 Å². The fourth-order valence-corrected chi connectivity index (χ4v) is 3.66. The molecule has 0 saturated heterocycles. The van der Waals surface area contributed by atoms with Gasteiger partial charge in [-0.15, -0.1) is 0 Å². The molecule has 0 saturated carbocycles. The van der Waals surface area contributed by atoms with Crippen LogP contribution in [0.5, 0.6) is 0 Å². The summed E-state index contributed by atoms with van der Waals surface area (Å²) in [6, 6.07) is 7.83. The molecule has 2 nitrogen and oxygen atoms in total. The van der Waals surface area contributed by atoms with Gasteiger partial charge in [0.25, 0.3) is 0 Å². The molecule has 0 spiro atoms. The van der Waals surface area contributed by atoms with Gasteiger partial charge in [0.1, 0.15) is 9.98 Å². The molecule has 1 aromatic carbocycles. The highest BCUT2D eigenvalue weighted by Crippen LogP contribution is 2.13. The molecular formula is C12H16N2S6. The Balaban J connectivity index is 2.88. The van der Waals surface area contributed by atoms with Gasteiger partial charge in [-0.05, 0) is 0 Å². The van der Waals surface area contributed by atoms with Crippen LogP contribution in [0.4, 0.5) is 0 Å². The van der Waals surface area contributed by atoms with Crippen LogP contribution in [0.3, 0.4) is 0 Å². The molecular weight excluding hydrogens is 365 g/mol. The molecule has 1 rings (SSSR count). The quantitative estimate of drug-likeness (QED) is 0.342. The normalized spacial score (nSPS) is 10.2. The predicted octanol–water partition coefficient (Wildman–Crippen LogP) is 3.19. The summed E-state index contributed by atoms with van der Waals surface area (Å²) in [4.78, 5) is 5.24. The second-order valence-electron chi connectivity index (χ2n) is 3.83. The van der Waals surface area contributed by atoms with E-state index in [0.717, 1.165) is 21.1 Å². The zero-order valence-corrected chi connectivity index (χ0v) is 15.8. The standard InChI is InChI=1S/C12H16N2S6/c15-5-13(6-16)11(19)9-1-2-10(4-3-9)12(20)14(7-17)8-18/h1-4,15-18H,5-8H2. The van der Waals surface area contributed by atoms with E-state index in [-0.39, 0.29) is 0 Å². The van der Waals surface area contributed by atoms with Crippen molar-refractivity contribution in [2.45, 2.75) is 0 Å². The summed E-state index contributed by atoms with van der Waals surface area (Å²) >= 11 is 27.8. The summed E-state index contributed by atoms with van der Waals surface area (Å²) in [5.74, 6) is 2.15. The summed E-state index contributed by atoms with van der Waals surface area (Å²) in [6.07, 6.45) is 0. The largest absolute Gasteiger partial charge is 0.344 e. The summed E-state index contributed by atoms with van der Waals surface area (Å²) in [7, 11) is 0. The van der Waals surface area contributed by atoms with Gasteiger partial charge in [-0.25, -0.2) is 0 Å². The minimum atomic E-state index is 0.537. The highest BCUT2D eigenvalue weighted by Gasteiger charge is 2.11. The average Bonchev–Trinajstić information content (AvgIpc) is 2.49. The third-order valence-corrected chi connectivity index (χ3v) is 4.99. The van der Waals surface area contributed by atoms with Crippen molar-refractivity contribution in [2.24, 2.45) is 0 Å². The average molecular weight is 381 g/mol. The summed E-state index contributed by atoms with van der Waals surface area (Å²) in [5.41, 5.74) is 1.91. The number of thiocarbonyl (C=S) groups is 2. The zero-order valence-electron chi connectivity index (χ0n) is 10.6. The maximum Gasteiger partial charge on any atom is 0.110 e. The fourth-order valence-electron chi connectivity index (χ4n) is 1.47. The van der Waals surface area contributed by atoms with Crippen LogP contribution in [0.1, 0.15) is 11.1 Å². The first-order valence-electron chi connectivity index (χ1n) is 5.71. The van der Waals surface area contributed by atoms with Gasteiger partial charge in [0.15, 0.2) is 0 Å². The molecule has 20 heavy (non-hydrogen) atoms. The zero-order chi connectivity index (χ0) is 15.1. The van der Waals surface area contributed by atoms with Crippen molar-refractivity contribution in [1.82, 2.24) is 9.80 Å². The van der Waals surface area contributed by atoms with E-state index >= 15 is 0 Å². The molecule has 0 heterocycles. The molecule has 0 aliphatic carbocycles. The molecule has 0 aliphatic heterocycles. The number of benzene rings is 1. The van der Waals surface area contributed by atoms with Crippen LogP contribution in [-0.4, -0.2) is 43.3 Å². The molecule has 0 fully saturated rings. The Hall–Kier alpha value is 0.400. The molecule has 8 heteroatoms. The number of rotatable bonds is 6. The van der Waals surface area contributed by atoms with Crippen molar-refractivity contribution in [2.75, 3.05) is 23.5 Å². The van der Waals surface area contributed by atoms with Crippen LogP contribution in [-0.2, 0) is 0 Å². The number of nitrogens with zero attached hydrogens (tertiary/aromatic N) is 2. The maximum atomic E-state index is 5.41. The van der Waals surface area contributed by atoms with Crippen LogP contribution in [0.2, 0.25) is 0 Å². The first-order valence-corrected chi connectivity index (χ1v) is 9.05. The van der Waals surface area contributed by atoms with Gasteiger partial charge >= 0.3 is 0 Å². The molecule has 0 amide bonds. The molecule has 0 aliphatic rings. The molecule has 0 aromatic heterocycles. The van der Waals surface area contributed by atoms with E-state index in [1.54, 1.807) is 0 Å². The van der Waals surface area contributed by atoms with Gasteiger partial charge < -0.3 is 9.80 Å². The molecule has 110 valence electrons. The van der Waals surface area contributed by atoms with Gasteiger partial charge in [-0.3, -0.25) is 0 Å². The van der Waals surface area contributed by atoms with E-state index in [2.05, 4.69) is 50.5 Å². The molecule has 0 unspecified atom stereocenters. The minimum absolute atomic E-state index is 0.537. The highest BCUT2D eigenvalue weighted by molar-refractivity contribution is 7.83. The lowest BCUT2D eigenvalue weighted by Gasteiger charge is -2.22. The fraction of sp³-hybridized carbons (Fsp3) is 0.333. The van der Waals surface area contributed by atoms with Crippen LogP contribution >= 0.6 is 75.0 Å². The summed E-state index contributed by atoms with van der Waals surface area (Å²) < 4.78 is 0. The molecule has 0 radical (unpaired) electrons. The summed E-state index contributed by atoms with van der Waals surface area (Å²) in [6.45, 7) is 0. The Labute approximate surface area is 152 Å². The van der Waals surface area contributed by atoms with E-state index in [1.807, 2.05) is 34.1 Å². The second-order valence-corrected chi connectivity index (χ2v) is 5.74.